The smallest absolute Gasteiger partial charge is 0.239 e. The number of benzene rings is 2. The largest absolute Gasteiger partial charge is 0.489 e. The van der Waals surface area contributed by atoms with E-state index in [0.29, 0.717) is 18.6 Å². The van der Waals surface area contributed by atoms with Crippen molar-refractivity contribution in [3.05, 3.63) is 60.2 Å². The van der Waals surface area contributed by atoms with E-state index in [1.165, 1.54) is 11.3 Å². The number of hydrogen-bond acceptors (Lipinski definition) is 4. The fourth-order valence-electron chi connectivity index (χ4n) is 4.50. The molecule has 0 bridgehead atoms. The summed E-state index contributed by atoms with van der Waals surface area (Å²) >= 11 is 0. The van der Waals surface area contributed by atoms with Gasteiger partial charge in [-0.3, -0.25) is 4.79 Å². The standard InChI is InChI=1S/C29H43N3O2/c1-5-23(4)28(30)29(33)31-18-16-26(17-19-31)32(20-15-22(2)3)25-11-13-27(14-12-25)34-21-24-9-7-6-8-10-24/h6-14,22-23,26,28H,5,15-21,30H2,1-4H3. The van der Waals surface area contributed by atoms with Crippen LogP contribution in [0.5, 0.6) is 5.75 Å². The molecule has 0 aliphatic carbocycles. The molecule has 0 spiro atoms. The number of nitrogens with two attached hydrogens (primary N) is 1. The number of amides is 1. The van der Waals surface area contributed by atoms with Crippen LogP contribution < -0.4 is 15.4 Å². The average Bonchev–Trinajstić information content (AvgIpc) is 2.87. The molecule has 5 heteroatoms. The van der Waals surface area contributed by atoms with Crippen LogP contribution in [-0.2, 0) is 11.4 Å². The third kappa shape index (κ3) is 7.23. The first-order chi connectivity index (χ1) is 16.4. The Hall–Kier alpha value is -2.53. The van der Waals surface area contributed by atoms with E-state index in [1.807, 2.05) is 23.1 Å². The van der Waals surface area contributed by atoms with Crippen LogP contribution in [0.2, 0.25) is 0 Å². The van der Waals surface area contributed by atoms with E-state index in [0.717, 1.165) is 51.1 Å². The van der Waals surface area contributed by atoms with E-state index in [2.05, 4.69) is 69.0 Å². The van der Waals surface area contributed by atoms with Gasteiger partial charge in [0, 0.05) is 31.4 Å². The molecule has 1 heterocycles. The fraction of sp³-hybridized carbons (Fsp3) is 0.552. The second-order valence-corrected chi connectivity index (χ2v) is 10.1. The molecule has 1 amide bonds. The molecule has 1 fully saturated rings. The Balaban J connectivity index is 1.62. The summed E-state index contributed by atoms with van der Waals surface area (Å²) in [5, 5.41) is 0. The summed E-state index contributed by atoms with van der Waals surface area (Å²) < 4.78 is 5.99. The number of ether oxygens (including phenoxy) is 1. The van der Waals surface area contributed by atoms with Crippen molar-refractivity contribution in [3.8, 4) is 5.75 Å². The second-order valence-electron chi connectivity index (χ2n) is 10.1. The number of rotatable bonds is 11. The van der Waals surface area contributed by atoms with Crippen LogP contribution in [0.25, 0.3) is 0 Å². The van der Waals surface area contributed by atoms with E-state index in [-0.39, 0.29) is 17.9 Å². The first-order valence-corrected chi connectivity index (χ1v) is 13.0. The first kappa shape index (κ1) is 26.1. The van der Waals surface area contributed by atoms with Crippen molar-refractivity contribution in [1.29, 1.82) is 0 Å². The van der Waals surface area contributed by atoms with Gasteiger partial charge in [0.15, 0.2) is 0 Å². The molecule has 0 aromatic heterocycles. The van der Waals surface area contributed by atoms with Crippen LogP contribution in [0.3, 0.4) is 0 Å². The minimum atomic E-state index is -0.387. The SMILES string of the molecule is CCC(C)C(N)C(=O)N1CCC(N(CCC(C)C)c2ccc(OCc3ccccc3)cc2)CC1. The highest BCUT2D eigenvalue weighted by Gasteiger charge is 2.30. The van der Waals surface area contributed by atoms with Crippen LogP contribution in [0.4, 0.5) is 5.69 Å². The highest BCUT2D eigenvalue weighted by Crippen LogP contribution is 2.27. The third-order valence-electron chi connectivity index (χ3n) is 7.12. The van der Waals surface area contributed by atoms with Crippen LogP contribution >= 0.6 is 0 Å². The summed E-state index contributed by atoms with van der Waals surface area (Å²) in [6, 6.07) is 18.8. The number of carbonyl (C=O) groups excluding carboxylic acids is 1. The molecule has 0 saturated carbocycles. The van der Waals surface area contributed by atoms with Crippen molar-refractivity contribution in [2.75, 3.05) is 24.5 Å². The summed E-state index contributed by atoms with van der Waals surface area (Å²) in [6.45, 7) is 11.9. The van der Waals surface area contributed by atoms with Crippen LogP contribution in [0, 0.1) is 11.8 Å². The minimum Gasteiger partial charge on any atom is -0.489 e. The van der Waals surface area contributed by atoms with Gasteiger partial charge in [-0.2, -0.15) is 0 Å². The zero-order chi connectivity index (χ0) is 24.5. The predicted octanol–water partition coefficient (Wildman–Crippen LogP) is 5.48. The van der Waals surface area contributed by atoms with E-state index < -0.39 is 0 Å². The van der Waals surface area contributed by atoms with Gasteiger partial charge in [-0.25, -0.2) is 0 Å². The summed E-state index contributed by atoms with van der Waals surface area (Å²) in [4.78, 5) is 17.4. The van der Waals surface area contributed by atoms with E-state index in [4.69, 9.17) is 10.5 Å². The number of nitrogens with zero attached hydrogens (tertiary/aromatic N) is 2. The van der Waals surface area contributed by atoms with E-state index >= 15 is 0 Å². The molecule has 2 aromatic carbocycles. The van der Waals surface area contributed by atoms with Crippen molar-refractivity contribution in [2.24, 2.45) is 17.6 Å². The van der Waals surface area contributed by atoms with Crippen molar-refractivity contribution < 1.29 is 9.53 Å². The van der Waals surface area contributed by atoms with Gasteiger partial charge < -0.3 is 20.3 Å². The first-order valence-electron chi connectivity index (χ1n) is 13.0. The maximum Gasteiger partial charge on any atom is 0.239 e. The van der Waals surface area contributed by atoms with Crippen LogP contribution in [0.15, 0.2) is 54.6 Å². The van der Waals surface area contributed by atoms with Crippen LogP contribution in [0.1, 0.15) is 58.9 Å². The molecule has 0 radical (unpaired) electrons. The topological polar surface area (TPSA) is 58.8 Å². The predicted molar refractivity (Wildman–Crippen MR) is 141 cm³/mol. The van der Waals surface area contributed by atoms with Crippen molar-refractivity contribution in [3.63, 3.8) is 0 Å². The molecule has 1 aliphatic heterocycles. The Morgan fingerprint density at radius 1 is 1.06 bits per heavy atom. The maximum atomic E-state index is 12.8. The molecule has 1 aliphatic rings. The quantitative estimate of drug-likeness (QED) is 0.477. The summed E-state index contributed by atoms with van der Waals surface area (Å²) in [7, 11) is 0. The zero-order valence-corrected chi connectivity index (χ0v) is 21.5. The summed E-state index contributed by atoms with van der Waals surface area (Å²) in [5.41, 5.74) is 8.63. The Bertz CT molecular complexity index is 861. The lowest BCUT2D eigenvalue weighted by atomic mass is 9.96. The number of anilines is 1. The number of piperidine rings is 1. The van der Waals surface area contributed by atoms with Gasteiger partial charge in [-0.05, 0) is 60.9 Å². The number of likely N-dealkylation sites (tertiary alicyclic amines) is 1. The van der Waals surface area contributed by atoms with Gasteiger partial charge >= 0.3 is 0 Å². The van der Waals surface area contributed by atoms with Gasteiger partial charge in [0.2, 0.25) is 5.91 Å². The molecule has 2 aromatic rings. The van der Waals surface area contributed by atoms with Gasteiger partial charge in [-0.15, -0.1) is 0 Å². The molecule has 34 heavy (non-hydrogen) atoms. The summed E-state index contributed by atoms with van der Waals surface area (Å²) in [6.07, 6.45) is 4.02. The Labute approximate surface area is 206 Å². The molecule has 5 nitrogen and oxygen atoms in total. The van der Waals surface area contributed by atoms with E-state index in [1.54, 1.807) is 0 Å². The molecule has 1 saturated heterocycles. The Kier molecular flexibility index (Phi) is 9.82. The molecule has 2 unspecified atom stereocenters. The zero-order valence-electron chi connectivity index (χ0n) is 21.5. The second kappa shape index (κ2) is 12.8. The normalized spacial score (nSPS) is 16.4. The fourth-order valence-corrected chi connectivity index (χ4v) is 4.50. The van der Waals surface area contributed by atoms with Crippen molar-refractivity contribution in [2.45, 2.75) is 72.1 Å². The van der Waals surface area contributed by atoms with Gasteiger partial charge in [-0.1, -0.05) is 64.4 Å². The Morgan fingerprint density at radius 2 is 1.71 bits per heavy atom. The lowest BCUT2D eigenvalue weighted by Crippen LogP contribution is -2.52. The molecule has 3 rings (SSSR count). The van der Waals surface area contributed by atoms with Crippen molar-refractivity contribution >= 4 is 11.6 Å². The van der Waals surface area contributed by atoms with Crippen molar-refractivity contribution in [1.82, 2.24) is 4.90 Å². The van der Waals surface area contributed by atoms with Crippen LogP contribution in [-0.4, -0.2) is 42.5 Å². The Morgan fingerprint density at radius 3 is 2.29 bits per heavy atom. The lowest BCUT2D eigenvalue weighted by Gasteiger charge is -2.41. The van der Waals surface area contributed by atoms with Gasteiger partial charge in [0.25, 0.3) is 0 Å². The number of carbonyl (C=O) groups is 1. The van der Waals surface area contributed by atoms with Gasteiger partial charge in [0.05, 0.1) is 6.04 Å². The highest BCUT2D eigenvalue weighted by molar-refractivity contribution is 5.82. The molecule has 186 valence electrons. The van der Waals surface area contributed by atoms with Gasteiger partial charge in [0.1, 0.15) is 12.4 Å². The third-order valence-corrected chi connectivity index (χ3v) is 7.12. The molecule has 2 atom stereocenters. The lowest BCUT2D eigenvalue weighted by molar-refractivity contribution is -0.134. The van der Waals surface area contributed by atoms with E-state index in [9.17, 15) is 4.79 Å². The highest BCUT2D eigenvalue weighted by atomic mass is 16.5. The maximum absolute atomic E-state index is 12.8. The molecule has 2 N–H and O–H groups in total. The minimum absolute atomic E-state index is 0.112. The monoisotopic (exact) mass is 465 g/mol. The summed E-state index contributed by atoms with van der Waals surface area (Å²) in [5.74, 6) is 1.86. The molecular formula is C29H43N3O2. The molecular weight excluding hydrogens is 422 g/mol. The number of hydrogen-bond donors (Lipinski definition) is 1. The average molecular weight is 466 g/mol.